The van der Waals surface area contributed by atoms with Gasteiger partial charge in [0.2, 0.25) is 17.7 Å². The highest BCUT2D eigenvalue weighted by molar-refractivity contribution is 7.09. The summed E-state index contributed by atoms with van der Waals surface area (Å²) in [6.07, 6.45) is 0.466. The number of hydrogen-bond donors (Lipinski definition) is 0. The van der Waals surface area contributed by atoms with Crippen LogP contribution in [-0.2, 0) is 20.9 Å². The summed E-state index contributed by atoms with van der Waals surface area (Å²) in [5.41, 5.74) is 0.582. The third-order valence-electron chi connectivity index (χ3n) is 4.04. The summed E-state index contributed by atoms with van der Waals surface area (Å²) in [6.45, 7) is 0.447. The highest BCUT2D eigenvalue weighted by Crippen LogP contribution is 2.22. The number of hydrogen-bond acceptors (Lipinski definition) is 4. The molecule has 1 aromatic carbocycles. The first kappa shape index (κ1) is 17.3. The van der Waals surface area contributed by atoms with E-state index in [9.17, 15) is 18.8 Å². The number of anilines is 1. The molecule has 3 amide bonds. The average molecular weight is 360 g/mol. The van der Waals surface area contributed by atoms with Gasteiger partial charge in [0.05, 0.1) is 6.54 Å². The number of likely N-dealkylation sites (tertiary alicyclic amines) is 1. The molecule has 7 heteroatoms. The van der Waals surface area contributed by atoms with E-state index in [4.69, 9.17) is 0 Å². The quantitative estimate of drug-likeness (QED) is 0.744. The van der Waals surface area contributed by atoms with E-state index in [1.165, 1.54) is 23.5 Å². The van der Waals surface area contributed by atoms with Crippen molar-refractivity contribution in [2.24, 2.45) is 0 Å². The molecule has 1 saturated heterocycles. The summed E-state index contributed by atoms with van der Waals surface area (Å²) < 4.78 is 13.2. The SMILES string of the molecule is O=C1CCC(=O)N1CCC(=O)N(Cc1cccs1)c1ccc(F)cc1. The predicted molar refractivity (Wildman–Crippen MR) is 92.5 cm³/mol. The summed E-state index contributed by atoms with van der Waals surface area (Å²) in [5.74, 6) is -1.05. The van der Waals surface area contributed by atoms with Crippen LogP contribution in [0.3, 0.4) is 0 Å². The van der Waals surface area contributed by atoms with Crippen LogP contribution in [0.5, 0.6) is 0 Å². The first-order chi connectivity index (χ1) is 12.0. The van der Waals surface area contributed by atoms with Crippen molar-refractivity contribution in [3.63, 3.8) is 0 Å². The van der Waals surface area contributed by atoms with E-state index in [-0.39, 0.29) is 49.3 Å². The lowest BCUT2D eigenvalue weighted by Gasteiger charge is -2.23. The monoisotopic (exact) mass is 360 g/mol. The minimum Gasteiger partial charge on any atom is -0.307 e. The third kappa shape index (κ3) is 4.11. The van der Waals surface area contributed by atoms with Crippen LogP contribution in [0.15, 0.2) is 41.8 Å². The minimum absolute atomic E-state index is 0.0419. The molecule has 2 aromatic rings. The highest BCUT2D eigenvalue weighted by Gasteiger charge is 2.29. The van der Waals surface area contributed by atoms with Gasteiger partial charge in [-0.3, -0.25) is 19.3 Å². The number of amides is 3. The highest BCUT2D eigenvalue weighted by atomic mass is 32.1. The van der Waals surface area contributed by atoms with Crippen LogP contribution < -0.4 is 4.90 Å². The molecular formula is C18H17FN2O3S. The molecule has 5 nitrogen and oxygen atoms in total. The number of benzene rings is 1. The lowest BCUT2D eigenvalue weighted by atomic mass is 10.2. The number of carbonyl (C=O) groups is 3. The Labute approximate surface area is 148 Å². The third-order valence-corrected chi connectivity index (χ3v) is 4.90. The molecule has 0 unspecified atom stereocenters. The van der Waals surface area contributed by atoms with Crippen LogP contribution in [-0.4, -0.2) is 29.2 Å². The van der Waals surface area contributed by atoms with Gasteiger partial charge in [0.15, 0.2) is 0 Å². The molecule has 0 bridgehead atoms. The molecule has 0 saturated carbocycles. The molecule has 1 aliphatic rings. The maximum atomic E-state index is 13.2. The lowest BCUT2D eigenvalue weighted by Crippen LogP contribution is -2.36. The van der Waals surface area contributed by atoms with Crippen LogP contribution in [0.2, 0.25) is 0 Å². The Hall–Kier alpha value is -2.54. The second-order valence-corrected chi connectivity index (χ2v) is 6.76. The van der Waals surface area contributed by atoms with Crippen LogP contribution >= 0.6 is 11.3 Å². The number of carbonyl (C=O) groups excluding carboxylic acids is 3. The molecule has 25 heavy (non-hydrogen) atoms. The molecule has 130 valence electrons. The van der Waals surface area contributed by atoms with Crippen molar-refractivity contribution in [1.82, 2.24) is 4.90 Å². The van der Waals surface area contributed by atoms with Crippen molar-refractivity contribution >= 4 is 34.7 Å². The Morgan fingerprint density at radius 1 is 1.12 bits per heavy atom. The number of thiophene rings is 1. The largest absolute Gasteiger partial charge is 0.307 e. The van der Waals surface area contributed by atoms with E-state index < -0.39 is 0 Å². The zero-order valence-electron chi connectivity index (χ0n) is 13.5. The van der Waals surface area contributed by atoms with Gasteiger partial charge < -0.3 is 4.90 Å². The second-order valence-electron chi connectivity index (χ2n) is 5.72. The zero-order valence-corrected chi connectivity index (χ0v) is 14.3. The summed E-state index contributed by atoms with van der Waals surface area (Å²) in [5, 5.41) is 1.92. The molecule has 3 rings (SSSR count). The molecule has 1 fully saturated rings. The molecule has 0 atom stereocenters. The molecule has 2 heterocycles. The van der Waals surface area contributed by atoms with Gasteiger partial charge in [-0.25, -0.2) is 4.39 Å². The molecule has 0 spiro atoms. The van der Waals surface area contributed by atoms with Gasteiger partial charge in [0, 0.05) is 36.4 Å². The fourth-order valence-electron chi connectivity index (χ4n) is 2.72. The number of halogens is 1. The molecule has 0 radical (unpaired) electrons. The number of imide groups is 1. The van der Waals surface area contributed by atoms with Gasteiger partial charge in [0.25, 0.3) is 0 Å². The molecule has 1 aromatic heterocycles. The maximum Gasteiger partial charge on any atom is 0.229 e. The molecule has 0 aliphatic carbocycles. The Kier molecular flexibility index (Phi) is 5.23. The van der Waals surface area contributed by atoms with E-state index in [2.05, 4.69) is 0 Å². The van der Waals surface area contributed by atoms with E-state index in [1.807, 2.05) is 17.5 Å². The Balaban J connectivity index is 1.73. The van der Waals surface area contributed by atoms with Crippen molar-refractivity contribution in [2.75, 3.05) is 11.4 Å². The Bertz CT molecular complexity index is 758. The lowest BCUT2D eigenvalue weighted by molar-refractivity contribution is -0.138. The van der Waals surface area contributed by atoms with E-state index in [1.54, 1.807) is 17.0 Å². The number of nitrogens with zero attached hydrogens (tertiary/aromatic N) is 2. The molecular weight excluding hydrogens is 343 g/mol. The normalized spacial score (nSPS) is 14.2. The van der Waals surface area contributed by atoms with Gasteiger partial charge in [-0.15, -0.1) is 11.3 Å². The number of rotatable bonds is 6. The predicted octanol–water partition coefficient (Wildman–Crippen LogP) is 2.96. The van der Waals surface area contributed by atoms with E-state index in [0.717, 1.165) is 9.78 Å². The van der Waals surface area contributed by atoms with Gasteiger partial charge in [0.1, 0.15) is 5.82 Å². The van der Waals surface area contributed by atoms with Crippen molar-refractivity contribution in [3.05, 3.63) is 52.5 Å². The smallest absolute Gasteiger partial charge is 0.229 e. The van der Waals surface area contributed by atoms with E-state index in [0.29, 0.717) is 12.2 Å². The first-order valence-corrected chi connectivity index (χ1v) is 8.84. The van der Waals surface area contributed by atoms with Gasteiger partial charge in [-0.1, -0.05) is 6.07 Å². The fourth-order valence-corrected chi connectivity index (χ4v) is 3.41. The van der Waals surface area contributed by atoms with Gasteiger partial charge in [-0.05, 0) is 35.7 Å². The molecule has 0 N–H and O–H groups in total. The topological polar surface area (TPSA) is 57.7 Å². The van der Waals surface area contributed by atoms with Crippen LogP contribution in [0, 0.1) is 5.82 Å². The average Bonchev–Trinajstić information content (AvgIpc) is 3.22. The summed E-state index contributed by atoms with van der Waals surface area (Å²) in [6, 6.07) is 9.52. The first-order valence-electron chi connectivity index (χ1n) is 7.96. The van der Waals surface area contributed by atoms with Gasteiger partial charge >= 0.3 is 0 Å². The van der Waals surface area contributed by atoms with Crippen molar-refractivity contribution in [3.8, 4) is 0 Å². The standard InChI is InChI=1S/C18H17FN2O3S/c19-13-3-5-14(6-4-13)21(12-15-2-1-11-25-15)18(24)9-10-20-16(22)7-8-17(20)23/h1-6,11H,7-10,12H2. The van der Waals surface area contributed by atoms with Crippen molar-refractivity contribution in [2.45, 2.75) is 25.8 Å². The summed E-state index contributed by atoms with van der Waals surface area (Å²) in [4.78, 5) is 39.7. The minimum atomic E-state index is -0.375. The fraction of sp³-hybridized carbons (Fsp3) is 0.278. The Morgan fingerprint density at radius 2 is 1.80 bits per heavy atom. The van der Waals surface area contributed by atoms with Crippen molar-refractivity contribution < 1.29 is 18.8 Å². The summed E-state index contributed by atoms with van der Waals surface area (Å²) in [7, 11) is 0. The molecule has 1 aliphatic heterocycles. The van der Waals surface area contributed by atoms with Crippen molar-refractivity contribution in [1.29, 1.82) is 0 Å². The Morgan fingerprint density at radius 3 is 2.40 bits per heavy atom. The van der Waals surface area contributed by atoms with E-state index >= 15 is 0 Å². The summed E-state index contributed by atoms with van der Waals surface area (Å²) >= 11 is 1.52. The second kappa shape index (κ2) is 7.57. The maximum absolute atomic E-state index is 13.2. The van der Waals surface area contributed by atoms with Crippen LogP contribution in [0.1, 0.15) is 24.1 Å². The van der Waals surface area contributed by atoms with Gasteiger partial charge in [-0.2, -0.15) is 0 Å². The van der Waals surface area contributed by atoms with Crippen LogP contribution in [0.4, 0.5) is 10.1 Å². The van der Waals surface area contributed by atoms with Crippen LogP contribution in [0.25, 0.3) is 0 Å². The zero-order chi connectivity index (χ0) is 17.8.